The number of hydrogen-bond donors (Lipinski definition) is 1. The molecule has 2 aliphatic rings. The topological polar surface area (TPSA) is 37.8 Å². The van der Waals surface area contributed by atoms with Crippen LogP contribution < -0.4 is 5.32 Å². The van der Waals surface area contributed by atoms with Crippen molar-refractivity contribution >= 4 is 24.8 Å². The maximum absolute atomic E-state index is 4.51. The van der Waals surface area contributed by atoms with Gasteiger partial charge in [0.1, 0.15) is 12.1 Å². The van der Waals surface area contributed by atoms with Crippen molar-refractivity contribution in [3.8, 4) is 0 Å². The SMILES string of the molecule is C[Si]1([C@H]2CC[C@@H](Nc3ncnc4ccccc34)CC2)CCCCC1. The molecule has 0 amide bonds. The predicted octanol–water partition coefficient (Wildman–Crippen LogP) is 5.62. The molecule has 2 heterocycles. The number of benzene rings is 1. The fourth-order valence-electron chi connectivity index (χ4n) is 5.02. The zero-order chi connectivity index (χ0) is 16.4. The van der Waals surface area contributed by atoms with Crippen LogP contribution in [0, 0.1) is 0 Å². The molecule has 1 saturated heterocycles. The van der Waals surface area contributed by atoms with Gasteiger partial charge in [-0.25, -0.2) is 9.97 Å². The molecule has 0 bridgehead atoms. The molecule has 3 nitrogen and oxygen atoms in total. The number of nitrogens with one attached hydrogen (secondary N) is 1. The lowest BCUT2D eigenvalue weighted by Gasteiger charge is -2.42. The van der Waals surface area contributed by atoms with Gasteiger partial charge >= 0.3 is 0 Å². The third-order valence-corrected chi connectivity index (χ3v) is 12.1. The van der Waals surface area contributed by atoms with E-state index in [-0.39, 0.29) is 0 Å². The van der Waals surface area contributed by atoms with Crippen LogP contribution in [0.5, 0.6) is 0 Å². The van der Waals surface area contributed by atoms with E-state index in [9.17, 15) is 0 Å². The summed E-state index contributed by atoms with van der Waals surface area (Å²) in [5.74, 6) is 1.02. The third-order valence-electron chi connectivity index (χ3n) is 6.59. The van der Waals surface area contributed by atoms with Crippen LogP contribution in [-0.2, 0) is 0 Å². The van der Waals surface area contributed by atoms with Gasteiger partial charge in [0.2, 0.25) is 0 Å². The second-order valence-corrected chi connectivity index (χ2v) is 13.3. The average molecular weight is 340 g/mol. The first kappa shape index (κ1) is 16.1. The van der Waals surface area contributed by atoms with Gasteiger partial charge in [0.15, 0.2) is 0 Å². The number of hydrogen-bond acceptors (Lipinski definition) is 3. The maximum Gasteiger partial charge on any atom is 0.137 e. The molecule has 0 unspecified atom stereocenters. The zero-order valence-corrected chi connectivity index (χ0v) is 15.8. The fraction of sp³-hybridized carbons (Fsp3) is 0.600. The van der Waals surface area contributed by atoms with Crippen LogP contribution in [0.3, 0.4) is 0 Å². The van der Waals surface area contributed by atoms with E-state index in [2.05, 4.69) is 40.0 Å². The molecule has 128 valence electrons. The largest absolute Gasteiger partial charge is 0.367 e. The van der Waals surface area contributed by atoms with Crippen molar-refractivity contribution in [2.45, 2.75) is 75.2 Å². The van der Waals surface area contributed by atoms with Crippen molar-refractivity contribution in [1.82, 2.24) is 9.97 Å². The van der Waals surface area contributed by atoms with Crippen molar-refractivity contribution in [3.63, 3.8) is 0 Å². The van der Waals surface area contributed by atoms with Crippen LogP contribution in [0.15, 0.2) is 30.6 Å². The Kier molecular flexibility index (Phi) is 4.57. The van der Waals surface area contributed by atoms with Gasteiger partial charge in [-0.3, -0.25) is 0 Å². The highest BCUT2D eigenvalue weighted by atomic mass is 28.3. The lowest BCUT2D eigenvalue weighted by molar-refractivity contribution is 0.446. The van der Waals surface area contributed by atoms with E-state index in [0.717, 1.165) is 22.3 Å². The third kappa shape index (κ3) is 3.21. The highest BCUT2D eigenvalue weighted by Gasteiger charge is 2.39. The van der Waals surface area contributed by atoms with Crippen molar-refractivity contribution in [1.29, 1.82) is 0 Å². The van der Waals surface area contributed by atoms with Crippen molar-refractivity contribution in [2.24, 2.45) is 0 Å². The minimum absolute atomic E-state index is 0.584. The maximum atomic E-state index is 4.51. The summed E-state index contributed by atoms with van der Waals surface area (Å²) in [5.41, 5.74) is 2.10. The monoisotopic (exact) mass is 339 g/mol. The Labute approximate surface area is 146 Å². The standard InChI is InChI=1S/C20H29N3Si/c1-24(13-5-2-6-14-24)17-11-9-16(10-12-17)23-20-18-7-3-4-8-19(18)21-15-22-20/h3-4,7-8,15-17H,2,5-6,9-14H2,1H3,(H,21,22,23)/t16-,17+. The summed E-state index contributed by atoms with van der Waals surface area (Å²) < 4.78 is 0. The minimum atomic E-state index is -0.954. The van der Waals surface area contributed by atoms with E-state index in [1.807, 2.05) is 6.07 Å². The van der Waals surface area contributed by atoms with Crippen molar-refractivity contribution < 1.29 is 0 Å². The molecule has 24 heavy (non-hydrogen) atoms. The molecule has 0 radical (unpaired) electrons. The van der Waals surface area contributed by atoms with E-state index >= 15 is 0 Å². The molecule has 2 fully saturated rings. The normalized spacial score (nSPS) is 27.0. The molecular formula is C20H29N3Si. The Morgan fingerprint density at radius 3 is 2.50 bits per heavy atom. The lowest BCUT2D eigenvalue weighted by atomic mass is 9.94. The van der Waals surface area contributed by atoms with Crippen molar-refractivity contribution in [2.75, 3.05) is 5.32 Å². The van der Waals surface area contributed by atoms with Gasteiger partial charge in [0, 0.05) is 11.4 Å². The van der Waals surface area contributed by atoms with Crippen LogP contribution >= 0.6 is 0 Å². The summed E-state index contributed by atoms with van der Waals surface area (Å²) in [6.07, 6.45) is 11.7. The first-order chi connectivity index (χ1) is 11.7. The van der Waals surface area contributed by atoms with Gasteiger partial charge in [-0.2, -0.15) is 0 Å². The van der Waals surface area contributed by atoms with Gasteiger partial charge < -0.3 is 5.32 Å². The summed E-state index contributed by atoms with van der Waals surface area (Å²) in [5, 5.41) is 4.87. The van der Waals surface area contributed by atoms with Gasteiger partial charge in [-0.05, 0) is 30.5 Å². The Hall–Kier alpha value is -1.42. The zero-order valence-electron chi connectivity index (χ0n) is 14.8. The molecule has 1 aliphatic heterocycles. The van der Waals surface area contributed by atoms with Gasteiger partial charge in [-0.15, -0.1) is 0 Å². The molecule has 4 rings (SSSR count). The molecular weight excluding hydrogens is 310 g/mol. The van der Waals surface area contributed by atoms with Crippen LogP contribution in [0.2, 0.25) is 24.2 Å². The number of anilines is 1. The summed E-state index contributed by atoms with van der Waals surface area (Å²) >= 11 is 0. The molecule has 1 N–H and O–H groups in total. The lowest BCUT2D eigenvalue weighted by Crippen LogP contribution is -2.41. The number of aromatic nitrogens is 2. The summed E-state index contributed by atoms with van der Waals surface area (Å²) in [6.45, 7) is 2.70. The van der Waals surface area contributed by atoms with Crippen LogP contribution in [0.4, 0.5) is 5.82 Å². The summed E-state index contributed by atoms with van der Waals surface area (Å²) in [6, 6.07) is 12.1. The number of nitrogens with zero attached hydrogens (tertiary/aromatic N) is 2. The fourth-order valence-corrected chi connectivity index (χ4v) is 9.92. The van der Waals surface area contributed by atoms with E-state index < -0.39 is 8.07 Å². The minimum Gasteiger partial charge on any atom is -0.367 e. The molecule has 0 spiro atoms. The number of para-hydroxylation sites is 1. The highest BCUT2D eigenvalue weighted by molar-refractivity contribution is 6.80. The highest BCUT2D eigenvalue weighted by Crippen LogP contribution is 2.45. The molecule has 0 atom stereocenters. The molecule has 1 saturated carbocycles. The first-order valence-corrected chi connectivity index (χ1v) is 12.7. The summed E-state index contributed by atoms with van der Waals surface area (Å²) in [4.78, 5) is 8.88. The molecule has 2 aromatic rings. The van der Waals surface area contributed by atoms with Gasteiger partial charge in [0.25, 0.3) is 0 Å². The van der Waals surface area contributed by atoms with E-state index in [4.69, 9.17) is 0 Å². The average Bonchev–Trinajstić information content (AvgIpc) is 2.63. The Morgan fingerprint density at radius 1 is 0.958 bits per heavy atom. The van der Waals surface area contributed by atoms with Gasteiger partial charge in [0.05, 0.1) is 13.6 Å². The predicted molar refractivity (Wildman–Crippen MR) is 104 cm³/mol. The van der Waals surface area contributed by atoms with E-state index in [0.29, 0.717) is 6.04 Å². The molecule has 4 heteroatoms. The molecule has 1 aliphatic carbocycles. The van der Waals surface area contributed by atoms with Crippen LogP contribution in [0.1, 0.15) is 44.9 Å². The number of fused-ring (bicyclic) bond motifs is 1. The quantitative estimate of drug-likeness (QED) is 0.738. The Balaban J connectivity index is 1.41. The summed E-state index contributed by atoms with van der Waals surface area (Å²) in [7, 11) is -0.954. The Bertz CT molecular complexity index is 683. The second-order valence-electron chi connectivity index (χ2n) is 8.15. The van der Waals surface area contributed by atoms with Crippen LogP contribution in [-0.4, -0.2) is 24.1 Å². The van der Waals surface area contributed by atoms with E-state index in [1.165, 1.54) is 44.9 Å². The Morgan fingerprint density at radius 2 is 1.71 bits per heavy atom. The molecule has 1 aromatic heterocycles. The van der Waals surface area contributed by atoms with Crippen LogP contribution in [0.25, 0.3) is 10.9 Å². The smallest absolute Gasteiger partial charge is 0.137 e. The second kappa shape index (κ2) is 6.83. The van der Waals surface area contributed by atoms with Crippen molar-refractivity contribution in [3.05, 3.63) is 30.6 Å². The molecule has 1 aromatic carbocycles. The first-order valence-electron chi connectivity index (χ1n) is 9.71. The van der Waals surface area contributed by atoms with E-state index in [1.54, 1.807) is 18.4 Å². The van der Waals surface area contributed by atoms with Gasteiger partial charge in [-0.1, -0.05) is 62.9 Å². The number of rotatable bonds is 3.